The largest absolute Gasteiger partial charge is 0.444 e. The number of alkyl carbamates (subject to hydrolysis) is 1. The Morgan fingerprint density at radius 1 is 1.03 bits per heavy atom. The molecule has 8 nitrogen and oxygen atoms in total. The maximum Gasteiger partial charge on any atom is 0.407 e. The second-order valence-corrected chi connectivity index (χ2v) is 10.9. The lowest BCUT2D eigenvalue weighted by atomic mass is 10.0. The van der Waals surface area contributed by atoms with E-state index in [2.05, 4.69) is 15.4 Å². The molecule has 1 atom stereocenters. The zero-order chi connectivity index (χ0) is 22.9. The van der Waals surface area contributed by atoms with Crippen molar-refractivity contribution in [2.75, 3.05) is 18.4 Å². The Morgan fingerprint density at radius 3 is 2.09 bits per heavy atom. The van der Waals surface area contributed by atoms with Gasteiger partial charge in [-0.25, -0.2) is 17.9 Å². The van der Waals surface area contributed by atoms with Crippen LogP contribution in [0.25, 0.3) is 0 Å². The quantitative estimate of drug-likeness (QED) is 0.429. The predicted molar refractivity (Wildman–Crippen MR) is 132 cm³/mol. The highest BCUT2D eigenvalue weighted by Gasteiger charge is 2.17. The fourth-order valence-electron chi connectivity index (χ4n) is 2.40. The minimum absolute atomic E-state index is 0. The van der Waals surface area contributed by atoms with Crippen LogP contribution in [0.5, 0.6) is 0 Å². The van der Waals surface area contributed by atoms with Crippen LogP contribution in [0.2, 0.25) is 0 Å². The smallest absolute Gasteiger partial charge is 0.407 e. The van der Waals surface area contributed by atoms with Gasteiger partial charge in [0.05, 0.1) is 5.25 Å². The van der Waals surface area contributed by atoms with Crippen molar-refractivity contribution < 1.29 is 22.7 Å². The van der Waals surface area contributed by atoms with Gasteiger partial charge in [-0.05, 0) is 64.7 Å². The number of anilines is 1. The average Bonchev–Trinajstić information content (AvgIpc) is 2.62. The van der Waals surface area contributed by atoms with Gasteiger partial charge in [0, 0.05) is 25.2 Å². The fraction of sp³-hybridized carbons (Fsp3) is 0.652. The molecule has 1 rings (SSSR count). The van der Waals surface area contributed by atoms with Crippen molar-refractivity contribution in [3.63, 3.8) is 0 Å². The van der Waals surface area contributed by atoms with Gasteiger partial charge in [-0.1, -0.05) is 33.9 Å². The Labute approximate surface area is 194 Å². The van der Waals surface area contributed by atoms with Crippen molar-refractivity contribution >= 4 is 27.7 Å². The second kappa shape index (κ2) is 14.1. The van der Waals surface area contributed by atoms with E-state index in [1.165, 1.54) is 0 Å². The van der Waals surface area contributed by atoms with Crippen LogP contribution in [0.3, 0.4) is 0 Å². The van der Waals surface area contributed by atoms with Crippen molar-refractivity contribution in [3.05, 3.63) is 29.8 Å². The van der Waals surface area contributed by atoms with Gasteiger partial charge < -0.3 is 15.4 Å². The highest BCUT2D eigenvalue weighted by Crippen LogP contribution is 2.18. The molecule has 0 aliphatic rings. The summed E-state index contributed by atoms with van der Waals surface area (Å²) < 4.78 is 31.5. The number of hydrogen-bond donors (Lipinski definition) is 3. The molecular weight excluding hydrogens is 430 g/mol. The third-order valence-corrected chi connectivity index (χ3v) is 6.03. The summed E-state index contributed by atoms with van der Waals surface area (Å²) in [6, 6.07) is 7.32. The number of rotatable bonds is 10. The first-order chi connectivity index (χ1) is 13.8. The highest BCUT2D eigenvalue weighted by atomic mass is 32.2. The lowest BCUT2D eigenvalue weighted by Crippen LogP contribution is -2.33. The predicted octanol–water partition coefficient (Wildman–Crippen LogP) is 4.63. The van der Waals surface area contributed by atoms with Gasteiger partial charge >= 0.3 is 6.09 Å². The molecule has 0 fully saturated rings. The van der Waals surface area contributed by atoms with Crippen molar-refractivity contribution in [1.82, 2.24) is 10.0 Å². The van der Waals surface area contributed by atoms with Crippen molar-refractivity contribution in [3.8, 4) is 0 Å². The zero-order valence-corrected chi connectivity index (χ0v) is 19.6. The number of nitrogens with one attached hydrogen (secondary N) is 3. The Bertz CT molecular complexity index is 800. The summed E-state index contributed by atoms with van der Waals surface area (Å²) in [7, 11) is -3.29. The zero-order valence-electron chi connectivity index (χ0n) is 18.7. The summed E-state index contributed by atoms with van der Waals surface area (Å²) in [5, 5.41) is 4.96. The Kier molecular flexibility index (Phi) is 14.1. The molecule has 1 aromatic rings. The molecule has 186 valence electrons. The van der Waals surface area contributed by atoms with Crippen molar-refractivity contribution in [2.45, 2.75) is 86.0 Å². The van der Waals surface area contributed by atoms with Gasteiger partial charge in [0.25, 0.3) is 0 Å². The molecule has 1 unspecified atom stereocenters. The summed E-state index contributed by atoms with van der Waals surface area (Å²) in [5.74, 6) is -0.145. The van der Waals surface area contributed by atoms with Crippen LogP contribution in [0.15, 0.2) is 24.3 Å². The fourth-order valence-corrected chi connectivity index (χ4v) is 3.21. The first kappa shape index (κ1) is 32.1. The summed E-state index contributed by atoms with van der Waals surface area (Å²) in [6.45, 7) is 11.2. The van der Waals surface area contributed by atoms with E-state index in [9.17, 15) is 18.0 Å². The molecule has 0 saturated carbocycles. The minimum atomic E-state index is -3.29. The standard InChI is InChI=1S/C21H35N3O5S.2CH4/c1-15(2)30(27,28)23-14-16(3)17-9-11-18(12-10-17)24-19(25)8-7-13-22-20(26)29-21(4,5)6;;/h9-12,15-16,23H,7-8,13-14H2,1-6H3,(H,22,26)(H,24,25);2*1H4. The van der Waals surface area contributed by atoms with Crippen molar-refractivity contribution in [1.29, 1.82) is 0 Å². The second-order valence-electron chi connectivity index (χ2n) is 8.55. The summed E-state index contributed by atoms with van der Waals surface area (Å²) in [6.07, 6.45) is 0.268. The summed E-state index contributed by atoms with van der Waals surface area (Å²) >= 11 is 0. The van der Waals surface area contributed by atoms with E-state index in [0.717, 1.165) is 5.56 Å². The highest BCUT2D eigenvalue weighted by molar-refractivity contribution is 7.90. The first-order valence-electron chi connectivity index (χ1n) is 10.2. The van der Waals surface area contributed by atoms with Crippen LogP contribution in [0.4, 0.5) is 10.5 Å². The molecule has 2 amide bonds. The maximum absolute atomic E-state index is 12.0. The van der Waals surface area contributed by atoms with Gasteiger partial charge in [0.15, 0.2) is 0 Å². The topological polar surface area (TPSA) is 114 Å². The maximum atomic E-state index is 12.0. The molecule has 9 heteroatoms. The van der Waals surface area contributed by atoms with Crippen LogP contribution in [0.1, 0.15) is 80.7 Å². The first-order valence-corrected chi connectivity index (χ1v) is 11.7. The molecule has 0 aliphatic carbocycles. The average molecular weight is 474 g/mol. The molecule has 1 aromatic carbocycles. The van der Waals surface area contributed by atoms with E-state index >= 15 is 0 Å². The Balaban J connectivity index is 0. The van der Waals surface area contributed by atoms with E-state index in [1.54, 1.807) is 46.8 Å². The van der Waals surface area contributed by atoms with Crippen LogP contribution in [0, 0.1) is 0 Å². The van der Waals surface area contributed by atoms with Gasteiger partial charge in [-0.15, -0.1) is 0 Å². The molecule has 0 saturated heterocycles. The molecule has 0 heterocycles. The van der Waals surface area contributed by atoms with E-state index < -0.39 is 27.0 Å². The van der Waals surface area contributed by atoms with Gasteiger partial charge in [-0.3, -0.25) is 4.79 Å². The SMILES string of the molecule is C.C.CC(CNS(=O)(=O)C(C)C)c1ccc(NC(=O)CCCNC(=O)OC(C)(C)C)cc1. The number of carbonyl (C=O) groups is 2. The third-order valence-electron chi connectivity index (χ3n) is 4.22. The molecule has 0 aliphatic heterocycles. The number of amides is 2. The number of benzene rings is 1. The van der Waals surface area contributed by atoms with E-state index in [-0.39, 0.29) is 33.1 Å². The van der Waals surface area contributed by atoms with Crippen LogP contribution >= 0.6 is 0 Å². The monoisotopic (exact) mass is 473 g/mol. The molecule has 0 spiro atoms. The van der Waals surface area contributed by atoms with Crippen LogP contribution in [-0.4, -0.2) is 44.4 Å². The van der Waals surface area contributed by atoms with E-state index in [1.807, 2.05) is 19.1 Å². The van der Waals surface area contributed by atoms with Crippen LogP contribution < -0.4 is 15.4 Å². The number of sulfonamides is 1. The van der Waals surface area contributed by atoms with Crippen LogP contribution in [-0.2, 0) is 19.6 Å². The number of hydrogen-bond acceptors (Lipinski definition) is 5. The summed E-state index contributed by atoms with van der Waals surface area (Å²) in [4.78, 5) is 23.6. The number of ether oxygens (including phenoxy) is 1. The van der Waals surface area contributed by atoms with Gasteiger partial charge in [-0.2, -0.15) is 0 Å². The normalized spacial score (nSPS) is 12.2. The molecule has 3 N–H and O–H groups in total. The van der Waals surface area contributed by atoms with E-state index in [4.69, 9.17) is 4.74 Å². The lowest BCUT2D eigenvalue weighted by Gasteiger charge is -2.19. The van der Waals surface area contributed by atoms with Crippen molar-refractivity contribution in [2.24, 2.45) is 0 Å². The molecule has 0 bridgehead atoms. The minimum Gasteiger partial charge on any atom is -0.444 e. The van der Waals surface area contributed by atoms with E-state index in [0.29, 0.717) is 25.2 Å². The molecule has 32 heavy (non-hydrogen) atoms. The number of carbonyl (C=O) groups excluding carboxylic acids is 2. The molecule has 0 aromatic heterocycles. The Morgan fingerprint density at radius 2 is 1.59 bits per heavy atom. The molecular formula is C23H43N3O5S. The van der Waals surface area contributed by atoms with Gasteiger partial charge in [0.2, 0.25) is 15.9 Å². The Hall–Kier alpha value is -2.13. The lowest BCUT2D eigenvalue weighted by molar-refractivity contribution is -0.116. The van der Waals surface area contributed by atoms with Gasteiger partial charge in [0.1, 0.15) is 5.60 Å². The summed E-state index contributed by atoms with van der Waals surface area (Å²) in [5.41, 5.74) is 1.09. The molecule has 0 radical (unpaired) electrons. The third kappa shape index (κ3) is 12.7.